The van der Waals surface area contributed by atoms with Crippen molar-refractivity contribution in [1.82, 2.24) is 4.31 Å². The van der Waals surface area contributed by atoms with E-state index in [4.69, 9.17) is 16.3 Å². The summed E-state index contributed by atoms with van der Waals surface area (Å²) in [5.74, 6) is -1.31. The molecule has 35 heavy (non-hydrogen) atoms. The number of sulfonamides is 1. The average molecular weight is 514 g/mol. The number of halogens is 2. The standard InChI is InChI=1S/C27H25ClFNO4S/c1-3-34-27(31)23-15-16-25(19-7-6-8-20(28)17-19)30(26(23)22-9-4-5-10-24(22)29)35(32,33)21-13-11-18(2)12-14-21/h4-15,17,25-26H,3,16H2,1-2H3/t25-,26-/m0/s1. The third-order valence-corrected chi connectivity index (χ3v) is 8.08. The third kappa shape index (κ3) is 5.03. The number of carbonyl (C=O) groups is 1. The van der Waals surface area contributed by atoms with E-state index < -0.39 is 33.9 Å². The van der Waals surface area contributed by atoms with Crippen molar-refractivity contribution in [2.24, 2.45) is 0 Å². The van der Waals surface area contributed by atoms with Crippen molar-refractivity contribution in [3.05, 3.63) is 112 Å². The molecule has 0 aromatic heterocycles. The maximum atomic E-state index is 15.2. The number of nitrogens with zero attached hydrogens (tertiary/aromatic N) is 1. The molecule has 0 spiro atoms. The van der Waals surface area contributed by atoms with Gasteiger partial charge in [-0.3, -0.25) is 0 Å². The highest BCUT2D eigenvalue weighted by Gasteiger charge is 2.45. The lowest BCUT2D eigenvalue weighted by Crippen LogP contribution is -2.43. The van der Waals surface area contributed by atoms with Crippen LogP contribution in [0.1, 0.15) is 42.1 Å². The fourth-order valence-electron chi connectivity index (χ4n) is 4.32. The van der Waals surface area contributed by atoms with E-state index in [0.29, 0.717) is 10.6 Å². The maximum Gasteiger partial charge on any atom is 0.335 e. The SMILES string of the molecule is CCOC(=O)C1=CC[C@@H](c2cccc(Cl)c2)N(S(=O)(=O)c2ccc(C)cc2)[C@H]1c1ccccc1F. The zero-order chi connectivity index (χ0) is 25.2. The molecule has 3 aromatic rings. The molecular weight excluding hydrogens is 489 g/mol. The fraction of sp³-hybridized carbons (Fsp3) is 0.222. The Morgan fingerprint density at radius 3 is 2.46 bits per heavy atom. The van der Waals surface area contributed by atoms with Crippen LogP contribution in [0.15, 0.2) is 89.3 Å². The Labute approximate surface area is 209 Å². The summed E-state index contributed by atoms with van der Waals surface area (Å²) in [5.41, 5.74) is 1.67. The Bertz CT molecular complexity index is 1370. The van der Waals surface area contributed by atoms with Gasteiger partial charge in [0.05, 0.1) is 29.2 Å². The Hall–Kier alpha value is -3.00. The summed E-state index contributed by atoms with van der Waals surface area (Å²) in [7, 11) is -4.21. The summed E-state index contributed by atoms with van der Waals surface area (Å²) in [6.07, 6.45) is 1.83. The fourth-order valence-corrected chi connectivity index (χ4v) is 6.29. The number of aryl methyl sites for hydroxylation is 1. The number of carbonyl (C=O) groups excluding carboxylic acids is 1. The van der Waals surface area contributed by atoms with Crippen molar-refractivity contribution >= 4 is 27.6 Å². The molecule has 0 amide bonds. The van der Waals surface area contributed by atoms with Crippen LogP contribution in [0.2, 0.25) is 5.02 Å². The molecule has 0 radical (unpaired) electrons. The quantitative estimate of drug-likeness (QED) is 0.371. The van der Waals surface area contributed by atoms with Crippen molar-refractivity contribution in [1.29, 1.82) is 0 Å². The molecule has 0 unspecified atom stereocenters. The van der Waals surface area contributed by atoms with Crippen LogP contribution in [-0.2, 0) is 19.6 Å². The van der Waals surface area contributed by atoms with Gasteiger partial charge in [-0.1, -0.05) is 65.7 Å². The van der Waals surface area contributed by atoms with Crippen molar-refractivity contribution in [3.8, 4) is 0 Å². The number of esters is 1. The number of rotatable bonds is 6. The van der Waals surface area contributed by atoms with Gasteiger partial charge in [-0.25, -0.2) is 17.6 Å². The summed E-state index contributed by atoms with van der Waals surface area (Å²) in [4.78, 5) is 13.0. The molecule has 0 fully saturated rings. The van der Waals surface area contributed by atoms with Crippen LogP contribution in [0, 0.1) is 12.7 Å². The molecular formula is C27H25ClFNO4S. The van der Waals surface area contributed by atoms with Crippen LogP contribution < -0.4 is 0 Å². The first-order valence-corrected chi connectivity index (χ1v) is 13.0. The summed E-state index contributed by atoms with van der Waals surface area (Å²) in [6, 6.07) is 17.2. The molecule has 0 saturated carbocycles. The van der Waals surface area contributed by atoms with Crippen molar-refractivity contribution in [2.75, 3.05) is 6.61 Å². The van der Waals surface area contributed by atoms with Crippen LogP contribution in [0.3, 0.4) is 0 Å². The number of ether oxygens (including phenoxy) is 1. The van der Waals surface area contributed by atoms with Crippen LogP contribution in [-0.4, -0.2) is 25.3 Å². The Kier molecular flexibility index (Phi) is 7.40. The molecule has 1 aliphatic rings. The number of hydrogen-bond acceptors (Lipinski definition) is 4. The van der Waals surface area contributed by atoms with Crippen LogP contribution in [0.4, 0.5) is 4.39 Å². The zero-order valence-electron chi connectivity index (χ0n) is 19.3. The Balaban J connectivity index is 1.99. The van der Waals surface area contributed by atoms with Gasteiger partial charge in [-0.05, 0) is 56.2 Å². The van der Waals surface area contributed by atoms with E-state index in [1.165, 1.54) is 34.6 Å². The first-order valence-electron chi connectivity index (χ1n) is 11.2. The minimum absolute atomic E-state index is 0.0431. The molecule has 0 aliphatic carbocycles. The van der Waals surface area contributed by atoms with Gasteiger partial charge in [-0.2, -0.15) is 4.31 Å². The molecule has 182 valence electrons. The predicted octanol–water partition coefficient (Wildman–Crippen LogP) is 6.15. The largest absolute Gasteiger partial charge is 0.463 e. The minimum Gasteiger partial charge on any atom is -0.463 e. The van der Waals surface area contributed by atoms with Crippen molar-refractivity contribution in [3.63, 3.8) is 0 Å². The highest BCUT2D eigenvalue weighted by atomic mass is 35.5. The topological polar surface area (TPSA) is 63.7 Å². The van der Waals surface area contributed by atoms with Gasteiger partial charge < -0.3 is 4.74 Å². The Morgan fingerprint density at radius 2 is 1.80 bits per heavy atom. The smallest absolute Gasteiger partial charge is 0.335 e. The molecule has 0 N–H and O–H groups in total. The highest BCUT2D eigenvalue weighted by Crippen LogP contribution is 2.46. The van der Waals surface area contributed by atoms with Crippen LogP contribution in [0.5, 0.6) is 0 Å². The van der Waals surface area contributed by atoms with Gasteiger partial charge in [0.15, 0.2) is 0 Å². The molecule has 3 aromatic carbocycles. The second-order valence-corrected chi connectivity index (χ2v) is 10.5. The lowest BCUT2D eigenvalue weighted by atomic mass is 9.89. The van der Waals surface area contributed by atoms with Crippen molar-refractivity contribution < 1.29 is 22.3 Å². The first-order chi connectivity index (χ1) is 16.7. The maximum absolute atomic E-state index is 15.2. The van der Waals surface area contributed by atoms with E-state index in [9.17, 15) is 13.2 Å². The third-order valence-electron chi connectivity index (χ3n) is 5.96. The first kappa shape index (κ1) is 25.1. The lowest BCUT2D eigenvalue weighted by Gasteiger charge is -2.41. The second kappa shape index (κ2) is 10.3. The minimum atomic E-state index is -4.21. The van der Waals surface area contributed by atoms with E-state index in [1.807, 2.05) is 6.92 Å². The monoisotopic (exact) mass is 513 g/mol. The molecule has 0 bridgehead atoms. The highest BCUT2D eigenvalue weighted by molar-refractivity contribution is 7.89. The van der Waals surface area contributed by atoms with Gasteiger partial charge in [0.25, 0.3) is 0 Å². The average Bonchev–Trinajstić information content (AvgIpc) is 2.84. The van der Waals surface area contributed by atoms with Gasteiger partial charge in [0, 0.05) is 10.6 Å². The van der Waals surface area contributed by atoms with Crippen LogP contribution >= 0.6 is 11.6 Å². The molecule has 2 atom stereocenters. The zero-order valence-corrected chi connectivity index (χ0v) is 20.9. The predicted molar refractivity (Wildman–Crippen MR) is 133 cm³/mol. The summed E-state index contributed by atoms with van der Waals surface area (Å²) in [6.45, 7) is 3.62. The molecule has 5 nitrogen and oxygen atoms in total. The summed E-state index contributed by atoms with van der Waals surface area (Å²) < 4.78 is 50.0. The van der Waals surface area contributed by atoms with Gasteiger partial charge in [-0.15, -0.1) is 0 Å². The normalized spacial score (nSPS) is 18.7. The van der Waals surface area contributed by atoms with Crippen molar-refractivity contribution in [2.45, 2.75) is 37.2 Å². The lowest BCUT2D eigenvalue weighted by molar-refractivity contribution is -0.139. The molecule has 8 heteroatoms. The van der Waals surface area contributed by atoms with Gasteiger partial charge in [0.1, 0.15) is 5.82 Å². The molecule has 0 saturated heterocycles. The van der Waals surface area contributed by atoms with E-state index in [-0.39, 0.29) is 29.1 Å². The summed E-state index contributed by atoms with van der Waals surface area (Å²) >= 11 is 6.24. The molecule has 1 heterocycles. The molecule has 4 rings (SSSR count). The van der Waals surface area contributed by atoms with E-state index in [0.717, 1.165) is 5.56 Å². The van der Waals surface area contributed by atoms with Gasteiger partial charge >= 0.3 is 5.97 Å². The Morgan fingerprint density at radius 1 is 1.09 bits per heavy atom. The van der Waals surface area contributed by atoms with Gasteiger partial charge in [0.2, 0.25) is 10.0 Å². The van der Waals surface area contributed by atoms with E-state index in [1.54, 1.807) is 55.5 Å². The number of hydrogen-bond donors (Lipinski definition) is 0. The molecule has 1 aliphatic heterocycles. The van der Waals surface area contributed by atoms with Crippen LogP contribution in [0.25, 0.3) is 0 Å². The summed E-state index contributed by atoms with van der Waals surface area (Å²) in [5, 5.41) is 0.442. The number of benzene rings is 3. The second-order valence-electron chi connectivity index (χ2n) is 8.26. The van der Waals surface area contributed by atoms with E-state index in [2.05, 4.69) is 0 Å². The van der Waals surface area contributed by atoms with E-state index >= 15 is 4.39 Å².